The van der Waals surface area contributed by atoms with Crippen LogP contribution in [0.3, 0.4) is 0 Å². The summed E-state index contributed by atoms with van der Waals surface area (Å²) in [6, 6.07) is 0.364. The summed E-state index contributed by atoms with van der Waals surface area (Å²) in [5.74, 6) is 1.05. The lowest BCUT2D eigenvalue weighted by Gasteiger charge is -2.06. The molecule has 0 aliphatic rings. The first-order valence-electron chi connectivity index (χ1n) is 5.40. The van der Waals surface area contributed by atoms with Crippen molar-refractivity contribution in [3.8, 4) is 0 Å². The molecule has 0 bridgehead atoms. The molecule has 0 fully saturated rings. The molecule has 2 atom stereocenters. The Hall–Kier alpha value is -0.0600. The summed E-state index contributed by atoms with van der Waals surface area (Å²) >= 11 is 3.76. The Morgan fingerprint density at radius 1 is 1.53 bits per heavy atom. The van der Waals surface area contributed by atoms with Crippen LogP contribution in [0.5, 0.6) is 0 Å². The van der Waals surface area contributed by atoms with E-state index in [1.807, 2.05) is 18.8 Å². The van der Waals surface area contributed by atoms with Gasteiger partial charge in [0.15, 0.2) is 0 Å². The monoisotopic (exact) mass is 244 g/mol. The van der Waals surface area contributed by atoms with Gasteiger partial charge >= 0.3 is 0 Å². The van der Waals surface area contributed by atoms with E-state index in [-0.39, 0.29) is 0 Å². The number of nitrogens with one attached hydrogen (secondary N) is 1. The van der Waals surface area contributed by atoms with Crippen molar-refractivity contribution in [1.29, 1.82) is 0 Å². The van der Waals surface area contributed by atoms with Crippen LogP contribution in [0.2, 0.25) is 0 Å². The van der Waals surface area contributed by atoms with Crippen LogP contribution in [0.1, 0.15) is 43.9 Å². The fourth-order valence-electron chi connectivity index (χ4n) is 1.07. The van der Waals surface area contributed by atoms with E-state index < -0.39 is 0 Å². The predicted molar refractivity (Wildman–Crippen MR) is 70.6 cm³/mol. The van der Waals surface area contributed by atoms with Gasteiger partial charge in [-0.15, -0.1) is 11.3 Å². The molecule has 4 heteroatoms. The standard InChI is InChI=1S/C11H20N2S2/c1-5-8(2)14-7-11-13-10(6-15-11)9(3)12-4/h6,8-9,12H,5,7H2,1-4H3. The first-order chi connectivity index (χ1) is 7.17. The van der Waals surface area contributed by atoms with Gasteiger partial charge in [0.25, 0.3) is 0 Å². The minimum atomic E-state index is 0.364. The van der Waals surface area contributed by atoms with Gasteiger partial charge in [-0.2, -0.15) is 11.8 Å². The zero-order valence-electron chi connectivity index (χ0n) is 9.91. The Kier molecular flexibility index (Phi) is 5.64. The largest absolute Gasteiger partial charge is 0.312 e. The molecular weight excluding hydrogens is 224 g/mol. The number of thioether (sulfide) groups is 1. The molecule has 1 heterocycles. The third-order valence-corrected chi connectivity index (χ3v) is 4.90. The molecule has 0 saturated heterocycles. The number of rotatable bonds is 6. The number of hydrogen-bond acceptors (Lipinski definition) is 4. The van der Waals surface area contributed by atoms with Crippen LogP contribution in [0.15, 0.2) is 5.38 Å². The smallest absolute Gasteiger partial charge is 0.103 e. The lowest BCUT2D eigenvalue weighted by molar-refractivity contribution is 0.635. The molecule has 1 aromatic heterocycles. The van der Waals surface area contributed by atoms with Crippen molar-refractivity contribution in [3.05, 3.63) is 16.1 Å². The van der Waals surface area contributed by atoms with E-state index in [0.29, 0.717) is 6.04 Å². The number of nitrogens with zero attached hydrogens (tertiary/aromatic N) is 1. The molecule has 1 aromatic rings. The van der Waals surface area contributed by atoms with Crippen molar-refractivity contribution in [1.82, 2.24) is 10.3 Å². The summed E-state index contributed by atoms with van der Waals surface area (Å²) in [6.07, 6.45) is 1.23. The SMILES string of the molecule is CCC(C)SCc1nc(C(C)NC)cs1. The van der Waals surface area contributed by atoms with E-state index in [4.69, 9.17) is 0 Å². The van der Waals surface area contributed by atoms with E-state index in [9.17, 15) is 0 Å². The van der Waals surface area contributed by atoms with Gasteiger partial charge in [0.2, 0.25) is 0 Å². The molecule has 1 N–H and O–H groups in total. The molecule has 0 spiro atoms. The second kappa shape index (κ2) is 6.51. The van der Waals surface area contributed by atoms with Crippen LogP contribution in [0.4, 0.5) is 0 Å². The number of aromatic nitrogens is 1. The molecule has 2 unspecified atom stereocenters. The van der Waals surface area contributed by atoms with Gasteiger partial charge in [0.05, 0.1) is 5.69 Å². The van der Waals surface area contributed by atoms with Crippen molar-refractivity contribution in [2.75, 3.05) is 7.05 Å². The zero-order chi connectivity index (χ0) is 11.3. The van der Waals surface area contributed by atoms with Crippen LogP contribution in [0.25, 0.3) is 0 Å². The van der Waals surface area contributed by atoms with Crippen LogP contribution >= 0.6 is 23.1 Å². The second-order valence-electron chi connectivity index (χ2n) is 3.71. The molecule has 1 rings (SSSR count). The van der Waals surface area contributed by atoms with Crippen molar-refractivity contribution in [2.45, 2.75) is 44.2 Å². The molecule has 2 nitrogen and oxygen atoms in total. The maximum Gasteiger partial charge on any atom is 0.103 e. The summed E-state index contributed by atoms with van der Waals surface area (Å²) in [5, 5.41) is 7.35. The predicted octanol–water partition coefficient (Wildman–Crippen LogP) is 3.46. The lowest BCUT2D eigenvalue weighted by Crippen LogP contribution is -2.12. The average Bonchev–Trinajstić information content (AvgIpc) is 2.73. The highest BCUT2D eigenvalue weighted by Crippen LogP contribution is 2.23. The van der Waals surface area contributed by atoms with Crippen molar-refractivity contribution >= 4 is 23.1 Å². The van der Waals surface area contributed by atoms with Crippen molar-refractivity contribution < 1.29 is 0 Å². The Morgan fingerprint density at radius 2 is 2.27 bits per heavy atom. The summed E-state index contributed by atoms with van der Waals surface area (Å²) in [7, 11) is 1.97. The quantitative estimate of drug-likeness (QED) is 0.829. The van der Waals surface area contributed by atoms with E-state index in [2.05, 4.69) is 36.5 Å². The minimum absolute atomic E-state index is 0.364. The number of hydrogen-bond donors (Lipinski definition) is 1. The highest BCUT2D eigenvalue weighted by Gasteiger charge is 2.08. The molecule has 0 aliphatic carbocycles. The van der Waals surface area contributed by atoms with E-state index in [1.54, 1.807) is 11.3 Å². The van der Waals surface area contributed by atoms with Crippen molar-refractivity contribution in [3.63, 3.8) is 0 Å². The highest BCUT2D eigenvalue weighted by molar-refractivity contribution is 7.99. The van der Waals surface area contributed by atoms with Crippen LogP contribution in [-0.4, -0.2) is 17.3 Å². The van der Waals surface area contributed by atoms with Gasteiger partial charge < -0.3 is 5.32 Å². The molecular formula is C11H20N2S2. The van der Waals surface area contributed by atoms with Gasteiger partial charge in [0.1, 0.15) is 5.01 Å². The Labute approximate surface area is 101 Å². The highest BCUT2D eigenvalue weighted by atomic mass is 32.2. The Balaban J connectivity index is 2.46. The molecule has 0 aliphatic heterocycles. The van der Waals surface area contributed by atoms with Gasteiger partial charge in [0, 0.05) is 22.4 Å². The maximum atomic E-state index is 4.62. The van der Waals surface area contributed by atoms with E-state index in [0.717, 1.165) is 11.0 Å². The normalized spacial score (nSPS) is 15.2. The Bertz CT molecular complexity index is 286. The molecule has 0 saturated carbocycles. The van der Waals surface area contributed by atoms with Crippen LogP contribution < -0.4 is 5.32 Å². The zero-order valence-corrected chi connectivity index (χ0v) is 11.5. The minimum Gasteiger partial charge on any atom is -0.312 e. The first-order valence-corrected chi connectivity index (χ1v) is 7.33. The Morgan fingerprint density at radius 3 is 2.87 bits per heavy atom. The lowest BCUT2D eigenvalue weighted by atomic mass is 10.3. The van der Waals surface area contributed by atoms with E-state index in [1.165, 1.54) is 17.1 Å². The van der Waals surface area contributed by atoms with Gasteiger partial charge in [-0.25, -0.2) is 4.98 Å². The summed E-state index contributed by atoms with van der Waals surface area (Å²) in [5.41, 5.74) is 1.17. The number of thiazole rings is 1. The van der Waals surface area contributed by atoms with Gasteiger partial charge in [-0.1, -0.05) is 13.8 Å². The van der Waals surface area contributed by atoms with Gasteiger partial charge in [-0.3, -0.25) is 0 Å². The third-order valence-electron chi connectivity index (χ3n) is 2.51. The molecule has 86 valence electrons. The first kappa shape index (κ1) is 13.0. The fourth-order valence-corrected chi connectivity index (χ4v) is 2.94. The van der Waals surface area contributed by atoms with Crippen molar-refractivity contribution in [2.24, 2.45) is 0 Å². The summed E-state index contributed by atoms with van der Waals surface area (Å²) in [6.45, 7) is 6.64. The summed E-state index contributed by atoms with van der Waals surface area (Å²) in [4.78, 5) is 4.62. The van der Waals surface area contributed by atoms with Crippen LogP contribution in [-0.2, 0) is 5.75 Å². The molecule has 15 heavy (non-hydrogen) atoms. The molecule has 0 aromatic carbocycles. The molecule has 0 amide bonds. The molecule has 0 radical (unpaired) electrons. The average molecular weight is 244 g/mol. The van der Waals surface area contributed by atoms with Crippen LogP contribution in [0, 0.1) is 0 Å². The summed E-state index contributed by atoms with van der Waals surface area (Å²) < 4.78 is 0. The second-order valence-corrected chi connectivity index (χ2v) is 6.08. The third kappa shape index (κ3) is 4.13. The van der Waals surface area contributed by atoms with Gasteiger partial charge in [-0.05, 0) is 20.4 Å². The van der Waals surface area contributed by atoms with E-state index >= 15 is 0 Å². The topological polar surface area (TPSA) is 24.9 Å². The maximum absolute atomic E-state index is 4.62. The fraction of sp³-hybridized carbons (Fsp3) is 0.727.